The predicted octanol–water partition coefficient (Wildman–Crippen LogP) is 2.44. The number of nitrogens with one attached hydrogen (secondary N) is 2. The zero-order valence-electron chi connectivity index (χ0n) is 13.9. The number of rotatable bonds is 3. The number of hydrogen-bond donors (Lipinski definition) is 2. The van der Waals surface area contributed by atoms with Gasteiger partial charge in [-0.3, -0.25) is 15.1 Å². The second-order valence-electron chi connectivity index (χ2n) is 5.94. The van der Waals surface area contributed by atoms with E-state index in [1.54, 1.807) is 14.0 Å². The van der Waals surface area contributed by atoms with Crippen molar-refractivity contribution in [2.45, 2.75) is 25.8 Å². The van der Waals surface area contributed by atoms with Gasteiger partial charge in [0.05, 0.1) is 6.42 Å². The van der Waals surface area contributed by atoms with Gasteiger partial charge in [0.1, 0.15) is 17.9 Å². The molecule has 6 heteroatoms. The van der Waals surface area contributed by atoms with Crippen LogP contribution < -0.4 is 10.1 Å². The number of benzene rings is 1. The first-order valence-corrected chi connectivity index (χ1v) is 7.63. The summed E-state index contributed by atoms with van der Waals surface area (Å²) >= 11 is 0. The quantitative estimate of drug-likeness (QED) is 0.850. The standard InChI is InChI=1S/C18H19N3O3/c1-4-5-9-23-13-8-6-7-12-10-14(24-16(12)13)18(2)11-15(22)21(3)17(19)20-18/h6-8,10H,9,11H2,1-3H3,(H2,19,20). The van der Waals surface area contributed by atoms with E-state index < -0.39 is 5.54 Å². The van der Waals surface area contributed by atoms with Gasteiger partial charge in [0.15, 0.2) is 17.3 Å². The highest BCUT2D eigenvalue weighted by molar-refractivity contribution is 5.99. The first-order valence-electron chi connectivity index (χ1n) is 7.63. The zero-order valence-corrected chi connectivity index (χ0v) is 13.9. The molecule has 2 aromatic rings. The topological polar surface area (TPSA) is 78.6 Å². The molecule has 24 heavy (non-hydrogen) atoms. The number of hydrogen-bond acceptors (Lipinski definition) is 4. The highest BCUT2D eigenvalue weighted by Crippen LogP contribution is 2.36. The minimum absolute atomic E-state index is 0.0592. The van der Waals surface area contributed by atoms with Crippen molar-refractivity contribution in [2.75, 3.05) is 13.7 Å². The number of furan rings is 1. The van der Waals surface area contributed by atoms with Crippen molar-refractivity contribution in [3.05, 3.63) is 30.0 Å². The summed E-state index contributed by atoms with van der Waals surface area (Å²) in [6.45, 7) is 3.90. The third-order valence-electron chi connectivity index (χ3n) is 4.14. The van der Waals surface area contributed by atoms with E-state index in [1.165, 1.54) is 4.90 Å². The normalized spacial score (nSPS) is 20.5. The van der Waals surface area contributed by atoms with Crippen LogP contribution in [0.2, 0.25) is 0 Å². The smallest absolute Gasteiger partial charge is 0.231 e. The largest absolute Gasteiger partial charge is 0.477 e. The Labute approximate surface area is 140 Å². The molecule has 0 bridgehead atoms. The maximum atomic E-state index is 12.1. The van der Waals surface area contributed by atoms with Gasteiger partial charge in [-0.2, -0.15) is 0 Å². The Morgan fingerprint density at radius 1 is 1.50 bits per heavy atom. The summed E-state index contributed by atoms with van der Waals surface area (Å²) in [5.41, 5.74) is -0.147. The number of fused-ring (bicyclic) bond motifs is 1. The van der Waals surface area contributed by atoms with E-state index in [9.17, 15) is 4.79 Å². The van der Waals surface area contributed by atoms with Gasteiger partial charge in [-0.25, -0.2) is 0 Å². The summed E-state index contributed by atoms with van der Waals surface area (Å²) < 4.78 is 11.6. The van der Waals surface area contributed by atoms with E-state index >= 15 is 0 Å². The molecule has 1 atom stereocenters. The van der Waals surface area contributed by atoms with Crippen LogP contribution in [0.3, 0.4) is 0 Å². The number of nitrogens with zero attached hydrogens (tertiary/aromatic N) is 1. The number of guanidine groups is 1. The molecule has 1 saturated heterocycles. The number of carbonyl (C=O) groups excluding carboxylic acids is 1. The highest BCUT2D eigenvalue weighted by atomic mass is 16.5. The maximum Gasteiger partial charge on any atom is 0.231 e. The molecule has 1 aromatic carbocycles. The van der Waals surface area contributed by atoms with E-state index in [1.807, 2.05) is 31.2 Å². The predicted molar refractivity (Wildman–Crippen MR) is 90.8 cm³/mol. The van der Waals surface area contributed by atoms with E-state index in [0.717, 1.165) is 5.39 Å². The Morgan fingerprint density at radius 3 is 3.00 bits per heavy atom. The molecule has 1 unspecified atom stereocenters. The molecule has 2 heterocycles. The van der Waals surface area contributed by atoms with E-state index in [4.69, 9.17) is 14.6 Å². The van der Waals surface area contributed by atoms with Gasteiger partial charge in [0.25, 0.3) is 0 Å². The van der Waals surface area contributed by atoms with Gasteiger partial charge in [-0.05, 0) is 26.0 Å². The van der Waals surface area contributed by atoms with Gasteiger partial charge in [0.2, 0.25) is 5.91 Å². The van der Waals surface area contributed by atoms with Crippen LogP contribution in [0.25, 0.3) is 11.0 Å². The van der Waals surface area contributed by atoms with Crippen LogP contribution in [0.15, 0.2) is 28.7 Å². The first kappa shape index (κ1) is 15.9. The molecule has 3 rings (SSSR count). The van der Waals surface area contributed by atoms with Crippen LogP contribution >= 0.6 is 0 Å². The summed E-state index contributed by atoms with van der Waals surface area (Å²) in [5, 5.41) is 11.9. The number of carbonyl (C=O) groups is 1. The lowest BCUT2D eigenvalue weighted by molar-refractivity contribution is -0.129. The van der Waals surface area contributed by atoms with Crippen molar-refractivity contribution in [3.8, 4) is 17.6 Å². The highest BCUT2D eigenvalue weighted by Gasteiger charge is 2.40. The Morgan fingerprint density at radius 2 is 2.29 bits per heavy atom. The molecule has 0 saturated carbocycles. The van der Waals surface area contributed by atoms with Gasteiger partial charge < -0.3 is 14.5 Å². The molecule has 0 aliphatic carbocycles. The zero-order chi connectivity index (χ0) is 17.3. The SMILES string of the molecule is CC#CCOc1cccc2cc(C3(C)CC(=O)N(C)C(=N)N3)oc12. The number of para-hydroxylation sites is 1. The lowest BCUT2D eigenvalue weighted by Crippen LogP contribution is -2.58. The molecule has 1 aliphatic heterocycles. The van der Waals surface area contributed by atoms with Crippen LogP contribution in [-0.2, 0) is 10.3 Å². The Bertz CT molecular complexity index is 854. The Hall–Kier alpha value is -2.94. The van der Waals surface area contributed by atoms with Gasteiger partial charge >= 0.3 is 0 Å². The summed E-state index contributed by atoms with van der Waals surface area (Å²) in [6, 6.07) is 7.51. The molecule has 124 valence electrons. The average Bonchev–Trinajstić information content (AvgIpc) is 2.99. The minimum atomic E-state index is -0.764. The van der Waals surface area contributed by atoms with Gasteiger partial charge in [0, 0.05) is 12.4 Å². The van der Waals surface area contributed by atoms with E-state index in [-0.39, 0.29) is 24.9 Å². The first-order chi connectivity index (χ1) is 11.4. The fourth-order valence-electron chi connectivity index (χ4n) is 2.69. The van der Waals surface area contributed by atoms with Crippen LogP contribution in [0.4, 0.5) is 0 Å². The van der Waals surface area contributed by atoms with Crippen molar-refractivity contribution in [1.82, 2.24) is 10.2 Å². The van der Waals surface area contributed by atoms with Gasteiger partial charge in [-0.15, -0.1) is 5.92 Å². The second-order valence-corrected chi connectivity index (χ2v) is 5.94. The fraction of sp³-hybridized carbons (Fsp3) is 0.333. The fourth-order valence-corrected chi connectivity index (χ4v) is 2.69. The number of ether oxygens (including phenoxy) is 1. The Balaban J connectivity index is 1.98. The van der Waals surface area contributed by atoms with Crippen molar-refractivity contribution in [2.24, 2.45) is 0 Å². The third-order valence-corrected chi connectivity index (χ3v) is 4.14. The molecular formula is C18H19N3O3. The molecule has 6 nitrogen and oxygen atoms in total. The monoisotopic (exact) mass is 325 g/mol. The lowest BCUT2D eigenvalue weighted by atomic mass is 9.92. The molecule has 1 aliphatic rings. The third kappa shape index (κ3) is 2.69. The Kier molecular flexibility index (Phi) is 3.94. The molecule has 0 spiro atoms. The molecule has 2 N–H and O–H groups in total. The molecule has 0 radical (unpaired) electrons. The molecule has 1 amide bonds. The van der Waals surface area contributed by atoms with Crippen LogP contribution in [-0.4, -0.2) is 30.4 Å². The molecular weight excluding hydrogens is 306 g/mol. The summed E-state index contributed by atoms with van der Waals surface area (Å²) in [6.07, 6.45) is 0.212. The summed E-state index contributed by atoms with van der Waals surface area (Å²) in [4.78, 5) is 13.4. The summed E-state index contributed by atoms with van der Waals surface area (Å²) in [7, 11) is 1.58. The van der Waals surface area contributed by atoms with Crippen molar-refractivity contribution >= 4 is 22.8 Å². The van der Waals surface area contributed by atoms with Crippen LogP contribution in [0.5, 0.6) is 5.75 Å². The minimum Gasteiger partial charge on any atom is -0.477 e. The molecule has 1 fully saturated rings. The lowest BCUT2D eigenvalue weighted by Gasteiger charge is -2.37. The van der Waals surface area contributed by atoms with Crippen molar-refractivity contribution < 1.29 is 13.9 Å². The number of amides is 1. The maximum absolute atomic E-state index is 12.1. The van der Waals surface area contributed by atoms with E-state index in [2.05, 4.69) is 17.2 Å². The van der Waals surface area contributed by atoms with Crippen molar-refractivity contribution in [3.63, 3.8) is 0 Å². The average molecular weight is 325 g/mol. The van der Waals surface area contributed by atoms with Crippen LogP contribution in [0, 0.1) is 17.3 Å². The second kappa shape index (κ2) is 5.93. The molecule has 1 aromatic heterocycles. The van der Waals surface area contributed by atoms with Crippen molar-refractivity contribution in [1.29, 1.82) is 5.41 Å². The van der Waals surface area contributed by atoms with E-state index in [0.29, 0.717) is 17.1 Å². The van der Waals surface area contributed by atoms with Crippen LogP contribution in [0.1, 0.15) is 26.0 Å². The van der Waals surface area contributed by atoms with Gasteiger partial charge in [-0.1, -0.05) is 18.1 Å². The summed E-state index contributed by atoms with van der Waals surface area (Å²) in [5.74, 6) is 6.77.